The second-order valence-corrected chi connectivity index (χ2v) is 7.74. The average molecular weight is 400 g/mol. The third-order valence-electron chi connectivity index (χ3n) is 5.74. The highest BCUT2D eigenvalue weighted by atomic mass is 16.2. The fourth-order valence-electron chi connectivity index (χ4n) is 3.92. The van der Waals surface area contributed by atoms with Gasteiger partial charge in [-0.2, -0.15) is 5.10 Å². The number of hydrazone groups is 1. The lowest BCUT2D eigenvalue weighted by atomic mass is 10.1. The Morgan fingerprint density at radius 3 is 2.34 bits per heavy atom. The van der Waals surface area contributed by atoms with Crippen LogP contribution in [0.4, 0.5) is 5.69 Å². The molecule has 2 aliphatic heterocycles. The molecule has 0 N–H and O–H groups in total. The standard InChI is InChI=1S/C22H33N5O2/c1-4-25(5-2)21(28)17-24-12-6-13-26(16-15-24)22(29)19-7-9-20(10-8-19)27-14-11-18(3)23-27/h7-10H,4-6,11-17H2,1-3H3. The van der Waals surface area contributed by atoms with Gasteiger partial charge in [0, 0.05) is 63.5 Å². The molecule has 0 aliphatic carbocycles. The van der Waals surface area contributed by atoms with Gasteiger partial charge in [-0.1, -0.05) is 0 Å². The molecule has 0 atom stereocenters. The highest BCUT2D eigenvalue weighted by molar-refractivity contribution is 5.94. The SMILES string of the molecule is CCN(CC)C(=O)CN1CCCN(C(=O)c2ccc(N3CCC(C)=N3)cc2)CC1. The molecule has 0 saturated carbocycles. The first kappa shape index (κ1) is 21.3. The summed E-state index contributed by atoms with van der Waals surface area (Å²) in [6, 6.07) is 7.74. The van der Waals surface area contributed by atoms with Gasteiger partial charge in [0.15, 0.2) is 0 Å². The Kier molecular flexibility index (Phi) is 7.25. The molecule has 0 bridgehead atoms. The van der Waals surface area contributed by atoms with Crippen molar-refractivity contribution < 1.29 is 9.59 Å². The fourth-order valence-corrected chi connectivity index (χ4v) is 3.92. The van der Waals surface area contributed by atoms with E-state index in [1.807, 2.05) is 59.8 Å². The summed E-state index contributed by atoms with van der Waals surface area (Å²) in [6.45, 7) is 11.8. The Morgan fingerprint density at radius 1 is 1.00 bits per heavy atom. The molecule has 29 heavy (non-hydrogen) atoms. The summed E-state index contributed by atoms with van der Waals surface area (Å²) in [6.07, 6.45) is 1.87. The fraction of sp³-hybridized carbons (Fsp3) is 0.591. The highest BCUT2D eigenvalue weighted by Crippen LogP contribution is 2.20. The lowest BCUT2D eigenvalue weighted by Crippen LogP contribution is -2.42. The van der Waals surface area contributed by atoms with Crippen LogP contribution in [0.25, 0.3) is 0 Å². The van der Waals surface area contributed by atoms with Crippen molar-refractivity contribution in [1.82, 2.24) is 14.7 Å². The predicted octanol–water partition coefficient (Wildman–Crippen LogP) is 2.29. The van der Waals surface area contributed by atoms with Crippen LogP contribution in [-0.2, 0) is 4.79 Å². The monoisotopic (exact) mass is 399 g/mol. The van der Waals surface area contributed by atoms with Crippen molar-refractivity contribution in [1.29, 1.82) is 0 Å². The van der Waals surface area contributed by atoms with Crippen molar-refractivity contribution >= 4 is 23.2 Å². The Labute approximate surface area is 173 Å². The van der Waals surface area contributed by atoms with Gasteiger partial charge in [0.25, 0.3) is 5.91 Å². The van der Waals surface area contributed by atoms with E-state index >= 15 is 0 Å². The molecule has 0 spiro atoms. The molecule has 0 unspecified atom stereocenters. The topological polar surface area (TPSA) is 59.5 Å². The zero-order valence-electron chi connectivity index (χ0n) is 17.9. The third-order valence-corrected chi connectivity index (χ3v) is 5.74. The van der Waals surface area contributed by atoms with Crippen LogP contribution in [0, 0.1) is 0 Å². The van der Waals surface area contributed by atoms with Crippen LogP contribution in [0.1, 0.15) is 44.0 Å². The van der Waals surface area contributed by atoms with E-state index in [4.69, 9.17) is 0 Å². The minimum absolute atomic E-state index is 0.0644. The van der Waals surface area contributed by atoms with Crippen LogP contribution < -0.4 is 5.01 Å². The number of carbonyl (C=O) groups excluding carboxylic acids is 2. The van der Waals surface area contributed by atoms with E-state index in [1.54, 1.807) is 0 Å². The molecule has 0 aromatic heterocycles. The molecule has 0 radical (unpaired) electrons. The van der Waals surface area contributed by atoms with Crippen molar-refractivity contribution in [3.63, 3.8) is 0 Å². The van der Waals surface area contributed by atoms with E-state index < -0.39 is 0 Å². The summed E-state index contributed by atoms with van der Waals surface area (Å²) in [5.41, 5.74) is 2.87. The number of nitrogens with zero attached hydrogens (tertiary/aromatic N) is 5. The molecule has 158 valence electrons. The smallest absolute Gasteiger partial charge is 0.253 e. The van der Waals surface area contributed by atoms with Gasteiger partial charge in [0.1, 0.15) is 0 Å². The lowest BCUT2D eigenvalue weighted by molar-refractivity contribution is -0.132. The minimum atomic E-state index is 0.0644. The second-order valence-electron chi connectivity index (χ2n) is 7.74. The van der Waals surface area contributed by atoms with Crippen LogP contribution in [0.3, 0.4) is 0 Å². The largest absolute Gasteiger partial charge is 0.342 e. The van der Waals surface area contributed by atoms with E-state index in [0.29, 0.717) is 18.7 Å². The van der Waals surface area contributed by atoms with Crippen molar-refractivity contribution in [3.05, 3.63) is 29.8 Å². The van der Waals surface area contributed by atoms with E-state index in [0.717, 1.165) is 63.5 Å². The minimum Gasteiger partial charge on any atom is -0.342 e. The van der Waals surface area contributed by atoms with Gasteiger partial charge < -0.3 is 9.80 Å². The summed E-state index contributed by atoms with van der Waals surface area (Å²) < 4.78 is 0. The number of amides is 2. The number of hydrogen-bond acceptors (Lipinski definition) is 5. The van der Waals surface area contributed by atoms with E-state index in [1.165, 1.54) is 0 Å². The Morgan fingerprint density at radius 2 is 1.72 bits per heavy atom. The molecule has 1 fully saturated rings. The number of likely N-dealkylation sites (N-methyl/N-ethyl adjacent to an activating group) is 1. The highest BCUT2D eigenvalue weighted by Gasteiger charge is 2.23. The van der Waals surface area contributed by atoms with Gasteiger partial charge in [0.2, 0.25) is 5.91 Å². The number of rotatable bonds is 6. The summed E-state index contributed by atoms with van der Waals surface area (Å²) >= 11 is 0. The van der Waals surface area contributed by atoms with E-state index in [2.05, 4.69) is 10.0 Å². The van der Waals surface area contributed by atoms with Gasteiger partial charge in [-0.05, 0) is 51.5 Å². The van der Waals surface area contributed by atoms with Crippen molar-refractivity contribution in [2.24, 2.45) is 5.10 Å². The molecule has 7 nitrogen and oxygen atoms in total. The molecule has 2 aliphatic rings. The number of benzene rings is 1. The number of carbonyl (C=O) groups is 2. The molecule has 2 amide bonds. The molecule has 1 aromatic carbocycles. The molecule has 7 heteroatoms. The van der Waals surface area contributed by atoms with E-state index in [-0.39, 0.29) is 11.8 Å². The predicted molar refractivity (Wildman–Crippen MR) is 116 cm³/mol. The third kappa shape index (κ3) is 5.35. The zero-order chi connectivity index (χ0) is 20.8. The summed E-state index contributed by atoms with van der Waals surface area (Å²) in [5, 5.41) is 6.50. The Balaban J connectivity index is 1.56. The van der Waals surface area contributed by atoms with E-state index in [9.17, 15) is 9.59 Å². The first-order valence-corrected chi connectivity index (χ1v) is 10.7. The van der Waals surface area contributed by atoms with Crippen LogP contribution >= 0.6 is 0 Å². The number of hydrogen-bond donors (Lipinski definition) is 0. The molecule has 1 aromatic rings. The molecular weight excluding hydrogens is 366 g/mol. The molecule has 1 saturated heterocycles. The second kappa shape index (κ2) is 9.87. The molecule has 2 heterocycles. The summed E-state index contributed by atoms with van der Waals surface area (Å²) in [5.74, 6) is 0.236. The normalized spacial score (nSPS) is 17.8. The van der Waals surface area contributed by atoms with Crippen molar-refractivity contribution in [2.75, 3.05) is 57.4 Å². The summed E-state index contributed by atoms with van der Waals surface area (Å²) in [4.78, 5) is 31.3. The Hall–Kier alpha value is -2.41. The Bertz CT molecular complexity index is 742. The summed E-state index contributed by atoms with van der Waals surface area (Å²) in [7, 11) is 0. The number of anilines is 1. The maximum atomic E-state index is 13.0. The van der Waals surface area contributed by atoms with Crippen LogP contribution in [0.2, 0.25) is 0 Å². The quantitative estimate of drug-likeness (QED) is 0.736. The first-order chi connectivity index (χ1) is 14.0. The van der Waals surface area contributed by atoms with Crippen molar-refractivity contribution in [2.45, 2.75) is 33.6 Å². The van der Waals surface area contributed by atoms with Crippen LogP contribution in [0.15, 0.2) is 29.4 Å². The molecule has 3 rings (SSSR count). The molecular formula is C22H33N5O2. The van der Waals surface area contributed by atoms with Gasteiger partial charge in [-0.3, -0.25) is 19.5 Å². The van der Waals surface area contributed by atoms with Crippen molar-refractivity contribution in [3.8, 4) is 0 Å². The van der Waals surface area contributed by atoms with Crippen LogP contribution in [0.5, 0.6) is 0 Å². The maximum Gasteiger partial charge on any atom is 0.253 e. The zero-order valence-corrected chi connectivity index (χ0v) is 17.9. The van der Waals surface area contributed by atoms with Crippen LogP contribution in [-0.4, -0.2) is 84.6 Å². The van der Waals surface area contributed by atoms with Gasteiger partial charge in [-0.15, -0.1) is 0 Å². The maximum absolute atomic E-state index is 13.0. The average Bonchev–Trinajstić information content (AvgIpc) is 3.03. The lowest BCUT2D eigenvalue weighted by Gasteiger charge is -2.25. The first-order valence-electron chi connectivity index (χ1n) is 10.7. The van der Waals surface area contributed by atoms with Gasteiger partial charge in [0.05, 0.1) is 12.2 Å². The van der Waals surface area contributed by atoms with Gasteiger partial charge in [-0.25, -0.2) is 0 Å². The van der Waals surface area contributed by atoms with Gasteiger partial charge >= 0.3 is 0 Å².